The van der Waals surface area contributed by atoms with Gasteiger partial charge in [-0.2, -0.15) is 18.3 Å². The Hall–Kier alpha value is -1.86. The van der Waals surface area contributed by atoms with Crippen molar-refractivity contribution in [2.75, 3.05) is 27.2 Å². The van der Waals surface area contributed by atoms with Gasteiger partial charge in [-0.05, 0) is 19.7 Å². The minimum Gasteiger partial charge on any atom is -0.366 e. The van der Waals surface area contributed by atoms with Crippen LogP contribution in [-0.4, -0.2) is 41.9 Å². The van der Waals surface area contributed by atoms with Crippen LogP contribution in [0, 0.1) is 0 Å². The molecule has 1 aromatic heterocycles. The minimum absolute atomic E-state index is 0.0162. The van der Waals surface area contributed by atoms with Crippen molar-refractivity contribution in [2.45, 2.75) is 12.3 Å². The summed E-state index contributed by atoms with van der Waals surface area (Å²) < 4.78 is 46.8. The van der Waals surface area contributed by atoms with E-state index in [1.165, 1.54) is 11.7 Å². The van der Waals surface area contributed by atoms with Crippen molar-refractivity contribution < 1.29 is 17.9 Å². The Morgan fingerprint density at radius 1 is 1.22 bits per heavy atom. The van der Waals surface area contributed by atoms with Crippen LogP contribution in [0.1, 0.15) is 22.9 Å². The predicted octanol–water partition coefficient (Wildman–Crippen LogP) is 3.11. The quantitative estimate of drug-likeness (QED) is 0.817. The van der Waals surface area contributed by atoms with E-state index in [4.69, 9.17) is 4.74 Å². The Bertz CT molecular complexity index is 623. The number of aryl methyl sites for hydroxylation is 1. The van der Waals surface area contributed by atoms with E-state index >= 15 is 0 Å². The predicted molar refractivity (Wildman–Crippen MR) is 81.0 cm³/mol. The van der Waals surface area contributed by atoms with E-state index in [1.54, 1.807) is 24.3 Å². The van der Waals surface area contributed by atoms with Crippen LogP contribution < -0.4 is 0 Å². The van der Waals surface area contributed by atoms with Crippen LogP contribution in [0.25, 0.3) is 0 Å². The number of likely N-dealkylation sites (N-methyl/N-ethyl adjacent to an activating group) is 1. The van der Waals surface area contributed by atoms with Gasteiger partial charge >= 0.3 is 6.18 Å². The molecule has 126 valence electrons. The van der Waals surface area contributed by atoms with Gasteiger partial charge in [-0.25, -0.2) is 0 Å². The monoisotopic (exact) mass is 327 g/mol. The van der Waals surface area contributed by atoms with Crippen molar-refractivity contribution in [3.8, 4) is 0 Å². The molecule has 0 bridgehead atoms. The molecule has 2 aromatic rings. The smallest absolute Gasteiger partial charge is 0.366 e. The van der Waals surface area contributed by atoms with Gasteiger partial charge in [0.1, 0.15) is 6.10 Å². The number of hydrogen-bond donors (Lipinski definition) is 0. The van der Waals surface area contributed by atoms with Gasteiger partial charge in [0, 0.05) is 13.6 Å². The molecule has 0 saturated heterocycles. The van der Waals surface area contributed by atoms with Gasteiger partial charge in [-0.15, -0.1) is 0 Å². The van der Waals surface area contributed by atoms with E-state index in [1.807, 2.05) is 25.1 Å². The SMILES string of the molecule is CN(C)CCOC(c1ccccc1)c1c(C(F)(F)F)cnn1C. The molecular formula is C16H20F3N3O. The number of hydrogen-bond acceptors (Lipinski definition) is 3. The standard InChI is InChI=1S/C16H20F3N3O/c1-21(2)9-10-23-15(12-7-5-4-6-8-12)14-13(16(17,18)19)11-20-22(14)3/h4-8,11,15H,9-10H2,1-3H3. The van der Waals surface area contributed by atoms with Crippen LogP contribution in [0.2, 0.25) is 0 Å². The van der Waals surface area contributed by atoms with Gasteiger partial charge in [-0.3, -0.25) is 4.68 Å². The lowest BCUT2D eigenvalue weighted by Crippen LogP contribution is -2.22. The van der Waals surface area contributed by atoms with E-state index in [2.05, 4.69) is 5.10 Å². The molecule has 0 amide bonds. The molecule has 0 spiro atoms. The van der Waals surface area contributed by atoms with Crippen molar-refractivity contribution in [3.05, 3.63) is 53.3 Å². The second-order valence-corrected chi connectivity index (χ2v) is 5.53. The molecule has 0 saturated carbocycles. The Kier molecular flexibility index (Phi) is 5.43. The second kappa shape index (κ2) is 7.14. The molecule has 0 N–H and O–H groups in total. The van der Waals surface area contributed by atoms with Gasteiger partial charge in [0.2, 0.25) is 0 Å². The van der Waals surface area contributed by atoms with Crippen LogP contribution in [0.15, 0.2) is 36.5 Å². The lowest BCUT2D eigenvalue weighted by molar-refractivity contribution is -0.139. The van der Waals surface area contributed by atoms with E-state index in [0.29, 0.717) is 18.7 Å². The van der Waals surface area contributed by atoms with Crippen LogP contribution >= 0.6 is 0 Å². The van der Waals surface area contributed by atoms with Gasteiger partial charge in [-0.1, -0.05) is 30.3 Å². The first-order valence-corrected chi connectivity index (χ1v) is 7.21. The fraction of sp³-hybridized carbons (Fsp3) is 0.438. The zero-order chi connectivity index (χ0) is 17.0. The minimum atomic E-state index is -4.47. The van der Waals surface area contributed by atoms with Crippen molar-refractivity contribution in [2.24, 2.45) is 7.05 Å². The molecule has 7 heteroatoms. The molecule has 0 fully saturated rings. The van der Waals surface area contributed by atoms with Gasteiger partial charge in [0.05, 0.1) is 24.1 Å². The second-order valence-electron chi connectivity index (χ2n) is 5.53. The summed E-state index contributed by atoms with van der Waals surface area (Å²) in [6, 6.07) is 8.89. The lowest BCUT2D eigenvalue weighted by atomic mass is 10.0. The largest absolute Gasteiger partial charge is 0.419 e. The van der Waals surface area contributed by atoms with E-state index in [9.17, 15) is 13.2 Å². The highest BCUT2D eigenvalue weighted by Crippen LogP contribution is 2.37. The third-order valence-corrected chi connectivity index (χ3v) is 3.46. The summed E-state index contributed by atoms with van der Waals surface area (Å²) in [6.07, 6.45) is -4.44. The highest BCUT2D eigenvalue weighted by Gasteiger charge is 2.38. The fourth-order valence-corrected chi connectivity index (χ4v) is 2.29. The number of ether oxygens (including phenoxy) is 1. The summed E-state index contributed by atoms with van der Waals surface area (Å²) in [7, 11) is 5.26. The summed E-state index contributed by atoms with van der Waals surface area (Å²) >= 11 is 0. The van der Waals surface area contributed by atoms with Crippen LogP contribution in [0.3, 0.4) is 0 Å². The molecule has 0 radical (unpaired) electrons. The van der Waals surface area contributed by atoms with Gasteiger partial charge < -0.3 is 9.64 Å². The molecule has 1 unspecified atom stereocenters. The number of rotatable bonds is 6. The first-order valence-electron chi connectivity index (χ1n) is 7.21. The van der Waals surface area contributed by atoms with Gasteiger partial charge in [0.25, 0.3) is 0 Å². The maximum Gasteiger partial charge on any atom is 0.419 e. The number of nitrogens with zero attached hydrogens (tertiary/aromatic N) is 3. The maximum absolute atomic E-state index is 13.3. The highest BCUT2D eigenvalue weighted by molar-refractivity contribution is 5.32. The summed E-state index contributed by atoms with van der Waals surface area (Å²) in [5.74, 6) is 0. The van der Waals surface area contributed by atoms with Crippen molar-refractivity contribution in [3.63, 3.8) is 0 Å². The van der Waals surface area contributed by atoms with Crippen molar-refractivity contribution in [1.29, 1.82) is 0 Å². The maximum atomic E-state index is 13.3. The summed E-state index contributed by atoms with van der Waals surface area (Å²) in [4.78, 5) is 1.91. The van der Waals surface area contributed by atoms with Crippen LogP contribution in [0.4, 0.5) is 13.2 Å². The first kappa shape index (κ1) is 17.5. The van der Waals surface area contributed by atoms with Crippen LogP contribution in [-0.2, 0) is 18.0 Å². The fourth-order valence-electron chi connectivity index (χ4n) is 2.29. The normalized spacial score (nSPS) is 13.5. The van der Waals surface area contributed by atoms with E-state index in [0.717, 1.165) is 6.20 Å². The molecule has 23 heavy (non-hydrogen) atoms. The van der Waals surface area contributed by atoms with Gasteiger partial charge in [0.15, 0.2) is 0 Å². The summed E-state index contributed by atoms with van der Waals surface area (Å²) in [6.45, 7) is 0.928. The molecule has 4 nitrogen and oxygen atoms in total. The molecule has 0 aliphatic heterocycles. The third-order valence-electron chi connectivity index (χ3n) is 3.46. The highest BCUT2D eigenvalue weighted by atomic mass is 19.4. The lowest BCUT2D eigenvalue weighted by Gasteiger charge is -2.22. The average molecular weight is 327 g/mol. The molecule has 1 atom stereocenters. The first-order chi connectivity index (χ1) is 10.8. The van der Waals surface area contributed by atoms with Crippen molar-refractivity contribution >= 4 is 0 Å². The Morgan fingerprint density at radius 3 is 2.43 bits per heavy atom. The molecule has 1 aromatic carbocycles. The Balaban J connectivity index is 2.40. The number of halogens is 3. The number of alkyl halides is 3. The Labute approximate surface area is 133 Å². The average Bonchev–Trinajstić information content (AvgIpc) is 2.86. The molecule has 2 rings (SSSR count). The van der Waals surface area contributed by atoms with Crippen LogP contribution in [0.5, 0.6) is 0 Å². The van der Waals surface area contributed by atoms with E-state index < -0.39 is 17.8 Å². The zero-order valence-corrected chi connectivity index (χ0v) is 13.3. The molecule has 0 aliphatic carbocycles. The summed E-state index contributed by atoms with van der Waals surface area (Å²) in [5, 5.41) is 3.78. The van der Waals surface area contributed by atoms with Crippen molar-refractivity contribution in [1.82, 2.24) is 14.7 Å². The zero-order valence-electron chi connectivity index (χ0n) is 13.3. The number of benzene rings is 1. The molecule has 0 aliphatic rings. The Morgan fingerprint density at radius 2 is 1.87 bits per heavy atom. The topological polar surface area (TPSA) is 30.3 Å². The van der Waals surface area contributed by atoms with E-state index in [-0.39, 0.29) is 5.69 Å². The summed E-state index contributed by atoms with van der Waals surface area (Å²) in [5.41, 5.74) is -0.0819. The molecule has 1 heterocycles. The third kappa shape index (κ3) is 4.33. The number of aromatic nitrogens is 2. The molecular weight excluding hydrogens is 307 g/mol.